The first-order chi connectivity index (χ1) is 10.7. The molecule has 0 aliphatic heterocycles. The Labute approximate surface area is 132 Å². The van der Waals surface area contributed by atoms with E-state index in [0.717, 1.165) is 12.2 Å². The molecule has 2 atom stereocenters. The van der Waals surface area contributed by atoms with Crippen LogP contribution in [-0.4, -0.2) is 59.5 Å². The topological polar surface area (TPSA) is 136 Å². The molecular weight excluding hydrogens is 312 g/mol. The summed E-state index contributed by atoms with van der Waals surface area (Å²) in [6.45, 7) is 3.11. The lowest BCUT2D eigenvalue weighted by Gasteiger charge is -2.15. The molecule has 2 unspecified atom stereocenters. The van der Waals surface area contributed by atoms with Crippen LogP contribution in [0, 0.1) is 0 Å². The molecule has 128 valence electrons. The number of hydrogen-bond donors (Lipinski definition) is 2. The minimum atomic E-state index is -1.27. The van der Waals surface area contributed by atoms with Crippen molar-refractivity contribution in [2.45, 2.75) is 26.1 Å². The first kappa shape index (κ1) is 20.3. The van der Waals surface area contributed by atoms with Crippen molar-refractivity contribution in [3.8, 4) is 0 Å². The Hall–Kier alpha value is -2.68. The minimum Gasteiger partial charge on any atom is -0.478 e. The van der Waals surface area contributed by atoms with Crippen molar-refractivity contribution in [2.24, 2.45) is 0 Å². The number of rotatable bonds is 10. The van der Waals surface area contributed by atoms with E-state index in [-0.39, 0.29) is 13.2 Å². The lowest BCUT2D eigenvalue weighted by atomic mass is 10.4. The summed E-state index contributed by atoms with van der Waals surface area (Å²) in [5.74, 6) is -4.17. The van der Waals surface area contributed by atoms with Crippen LogP contribution in [0.5, 0.6) is 0 Å². The highest BCUT2D eigenvalue weighted by Crippen LogP contribution is 1.98. The van der Waals surface area contributed by atoms with Crippen molar-refractivity contribution in [1.29, 1.82) is 0 Å². The van der Waals surface area contributed by atoms with Crippen LogP contribution in [0.2, 0.25) is 0 Å². The van der Waals surface area contributed by atoms with Gasteiger partial charge in [-0.15, -0.1) is 0 Å². The van der Waals surface area contributed by atoms with Gasteiger partial charge in [0.25, 0.3) is 0 Å². The Morgan fingerprint density at radius 2 is 1.13 bits per heavy atom. The lowest BCUT2D eigenvalue weighted by molar-refractivity contribution is -0.149. The van der Waals surface area contributed by atoms with Crippen LogP contribution in [0.25, 0.3) is 0 Å². The Bertz CT molecular complexity index is 448. The molecule has 0 saturated heterocycles. The average molecular weight is 330 g/mol. The van der Waals surface area contributed by atoms with Crippen LogP contribution < -0.4 is 0 Å². The zero-order valence-electron chi connectivity index (χ0n) is 12.6. The zero-order valence-corrected chi connectivity index (χ0v) is 12.6. The summed E-state index contributed by atoms with van der Waals surface area (Å²) in [7, 11) is 0. The fourth-order valence-electron chi connectivity index (χ4n) is 1.22. The van der Waals surface area contributed by atoms with Crippen LogP contribution in [-0.2, 0) is 33.4 Å². The van der Waals surface area contributed by atoms with E-state index in [1.807, 2.05) is 0 Å². The Morgan fingerprint density at radius 3 is 1.43 bits per heavy atom. The van der Waals surface area contributed by atoms with Gasteiger partial charge in [0.05, 0.1) is 13.2 Å². The van der Waals surface area contributed by atoms with Gasteiger partial charge < -0.3 is 24.4 Å². The smallest absolute Gasteiger partial charge is 0.331 e. The van der Waals surface area contributed by atoms with E-state index in [2.05, 4.69) is 0 Å². The standard InChI is InChI=1S/C14H18O9/c1-9(22-13(19)5-3-11(15)16)7-21-8-10(2)23-14(20)6-4-12(17)18/h3-6,9-10H,7-8H2,1-2H3,(H,15,16)(H,17,18). The number of ether oxygens (including phenoxy) is 3. The maximum atomic E-state index is 11.2. The molecule has 0 aliphatic carbocycles. The van der Waals surface area contributed by atoms with E-state index >= 15 is 0 Å². The number of carbonyl (C=O) groups excluding carboxylic acids is 2. The van der Waals surface area contributed by atoms with Crippen molar-refractivity contribution in [1.82, 2.24) is 0 Å². The van der Waals surface area contributed by atoms with Crippen molar-refractivity contribution in [3.63, 3.8) is 0 Å². The molecule has 0 fully saturated rings. The zero-order chi connectivity index (χ0) is 17.8. The highest BCUT2D eigenvalue weighted by atomic mass is 16.6. The van der Waals surface area contributed by atoms with Gasteiger partial charge in [0.1, 0.15) is 12.2 Å². The summed E-state index contributed by atoms with van der Waals surface area (Å²) < 4.78 is 14.8. The molecule has 0 aromatic carbocycles. The molecule has 0 aliphatic rings. The summed E-state index contributed by atoms with van der Waals surface area (Å²) in [5, 5.41) is 16.7. The number of carbonyl (C=O) groups is 4. The molecule has 9 heteroatoms. The van der Waals surface area contributed by atoms with Gasteiger partial charge in [0, 0.05) is 24.3 Å². The molecule has 0 spiro atoms. The first-order valence-corrected chi connectivity index (χ1v) is 6.51. The second-order valence-electron chi connectivity index (χ2n) is 4.38. The SMILES string of the molecule is CC(COCC(C)OC(=O)C=CC(=O)O)OC(=O)C=CC(=O)O. The van der Waals surface area contributed by atoms with Gasteiger partial charge in [-0.2, -0.15) is 0 Å². The van der Waals surface area contributed by atoms with Gasteiger partial charge in [-0.25, -0.2) is 19.2 Å². The molecular formula is C14H18O9. The normalized spacial score (nSPS) is 13.7. The molecule has 0 amide bonds. The highest BCUT2D eigenvalue weighted by molar-refractivity contribution is 5.91. The van der Waals surface area contributed by atoms with Crippen molar-refractivity contribution >= 4 is 23.9 Å². The van der Waals surface area contributed by atoms with Crippen LogP contribution in [0.3, 0.4) is 0 Å². The highest BCUT2D eigenvalue weighted by Gasteiger charge is 2.11. The quantitative estimate of drug-likeness (QED) is 0.423. The van der Waals surface area contributed by atoms with E-state index in [9.17, 15) is 19.2 Å². The van der Waals surface area contributed by atoms with E-state index < -0.39 is 36.1 Å². The maximum absolute atomic E-state index is 11.2. The maximum Gasteiger partial charge on any atom is 0.331 e. The van der Waals surface area contributed by atoms with Crippen LogP contribution in [0.1, 0.15) is 13.8 Å². The summed E-state index contributed by atoms with van der Waals surface area (Å²) >= 11 is 0. The Balaban J connectivity index is 3.96. The monoisotopic (exact) mass is 330 g/mol. The number of carboxylic acid groups (broad SMARTS) is 2. The van der Waals surface area contributed by atoms with Crippen LogP contribution in [0.15, 0.2) is 24.3 Å². The molecule has 0 bridgehead atoms. The van der Waals surface area contributed by atoms with Crippen LogP contribution in [0.4, 0.5) is 0 Å². The summed E-state index contributed by atoms with van der Waals surface area (Å²) in [6.07, 6.45) is 1.60. The number of aliphatic carboxylic acids is 2. The van der Waals surface area contributed by atoms with Crippen molar-refractivity contribution in [2.75, 3.05) is 13.2 Å². The number of hydrogen-bond acceptors (Lipinski definition) is 7. The summed E-state index contributed by atoms with van der Waals surface area (Å²) in [5.41, 5.74) is 0. The van der Waals surface area contributed by atoms with E-state index in [0.29, 0.717) is 12.2 Å². The number of carboxylic acids is 2. The van der Waals surface area contributed by atoms with E-state index in [1.54, 1.807) is 13.8 Å². The largest absolute Gasteiger partial charge is 0.478 e. The van der Waals surface area contributed by atoms with Gasteiger partial charge in [0.15, 0.2) is 0 Å². The fourth-order valence-corrected chi connectivity index (χ4v) is 1.22. The predicted octanol–water partition coefficient (Wildman–Crippen LogP) is 0.148. The molecule has 0 aromatic rings. The van der Waals surface area contributed by atoms with Crippen LogP contribution >= 0.6 is 0 Å². The van der Waals surface area contributed by atoms with Gasteiger partial charge in [-0.1, -0.05) is 0 Å². The third-order valence-corrected chi connectivity index (χ3v) is 2.06. The summed E-state index contributed by atoms with van der Waals surface area (Å²) in [6, 6.07) is 0. The molecule has 9 nitrogen and oxygen atoms in total. The second kappa shape index (κ2) is 11.0. The van der Waals surface area contributed by atoms with Gasteiger partial charge in [-0.3, -0.25) is 0 Å². The fraction of sp³-hybridized carbons (Fsp3) is 0.429. The van der Waals surface area contributed by atoms with Crippen molar-refractivity contribution < 1.29 is 43.6 Å². The molecule has 0 rings (SSSR count). The average Bonchev–Trinajstić information content (AvgIpc) is 2.42. The van der Waals surface area contributed by atoms with Gasteiger partial charge in [-0.05, 0) is 13.8 Å². The molecule has 23 heavy (non-hydrogen) atoms. The molecule has 0 radical (unpaired) electrons. The molecule has 0 heterocycles. The predicted molar refractivity (Wildman–Crippen MR) is 75.5 cm³/mol. The van der Waals surface area contributed by atoms with E-state index in [1.165, 1.54) is 0 Å². The Morgan fingerprint density at radius 1 is 0.783 bits per heavy atom. The molecule has 0 aromatic heterocycles. The van der Waals surface area contributed by atoms with E-state index in [4.69, 9.17) is 24.4 Å². The minimum absolute atomic E-state index is 0.0134. The Kier molecular flexibility index (Phi) is 9.69. The first-order valence-electron chi connectivity index (χ1n) is 6.51. The van der Waals surface area contributed by atoms with Gasteiger partial charge in [0.2, 0.25) is 0 Å². The lowest BCUT2D eigenvalue weighted by Crippen LogP contribution is -2.24. The van der Waals surface area contributed by atoms with Crippen molar-refractivity contribution in [3.05, 3.63) is 24.3 Å². The number of esters is 2. The third kappa shape index (κ3) is 12.8. The second-order valence-corrected chi connectivity index (χ2v) is 4.38. The molecule has 0 saturated carbocycles. The van der Waals surface area contributed by atoms with Gasteiger partial charge >= 0.3 is 23.9 Å². The molecule has 2 N–H and O–H groups in total. The summed E-state index contributed by atoms with van der Waals surface area (Å²) in [4.78, 5) is 42.8. The third-order valence-electron chi connectivity index (χ3n) is 2.06.